The van der Waals surface area contributed by atoms with Crippen molar-refractivity contribution < 1.29 is 55.6 Å². The number of hydrogen-bond donors (Lipinski definition) is 2. The van der Waals surface area contributed by atoms with E-state index in [1.807, 2.05) is 11.3 Å². The summed E-state index contributed by atoms with van der Waals surface area (Å²) in [7, 11) is 4.23. The molecule has 2 aliphatic rings. The number of halogens is 6. The molecule has 0 amide bonds. The minimum absolute atomic E-state index is 0.0938. The first-order chi connectivity index (χ1) is 16.4. The van der Waals surface area contributed by atoms with Gasteiger partial charge in [-0.3, -0.25) is 4.90 Å². The molecule has 1 aromatic heterocycles. The van der Waals surface area contributed by atoms with E-state index < -0.39 is 24.3 Å². The zero-order valence-electron chi connectivity index (χ0n) is 20.0. The molecule has 0 radical (unpaired) electrons. The standard InChI is InChI=1S/C17H28N2O2S.2C2HF3O2/c1-14-4-5-16(22-14)11-19-8-9-20-13-17(12-19)7-6-15(21-17)10-18(2)3;2*3-2(4,5)1(6)7/h4-5,15H,6-13H2,1-3H3;2*(H,6,7). The van der Waals surface area contributed by atoms with Gasteiger partial charge in [0.2, 0.25) is 0 Å². The summed E-state index contributed by atoms with van der Waals surface area (Å²) >= 11 is 1.90. The fourth-order valence-electron chi connectivity index (χ4n) is 3.56. The lowest BCUT2D eigenvalue weighted by Crippen LogP contribution is -2.44. The molecule has 2 N–H and O–H groups in total. The van der Waals surface area contributed by atoms with Crippen LogP contribution in [-0.4, -0.2) is 103 Å². The fourth-order valence-corrected chi connectivity index (χ4v) is 4.50. The highest BCUT2D eigenvalue weighted by Crippen LogP contribution is 2.34. The first-order valence-electron chi connectivity index (χ1n) is 10.7. The quantitative estimate of drug-likeness (QED) is 0.547. The van der Waals surface area contributed by atoms with Crippen LogP contribution < -0.4 is 0 Å². The maximum Gasteiger partial charge on any atom is 0.490 e. The first kappa shape index (κ1) is 32.1. The van der Waals surface area contributed by atoms with Crippen molar-refractivity contribution in [1.82, 2.24) is 9.80 Å². The lowest BCUT2D eigenvalue weighted by molar-refractivity contribution is -0.193. The van der Waals surface area contributed by atoms with Gasteiger partial charge in [0.05, 0.1) is 19.3 Å². The van der Waals surface area contributed by atoms with Gasteiger partial charge in [0.25, 0.3) is 0 Å². The van der Waals surface area contributed by atoms with E-state index in [2.05, 4.69) is 43.0 Å². The molecule has 15 heteroatoms. The normalized spacial score (nSPS) is 22.9. The van der Waals surface area contributed by atoms with Crippen molar-refractivity contribution >= 4 is 23.3 Å². The van der Waals surface area contributed by atoms with Crippen LogP contribution in [0.5, 0.6) is 0 Å². The van der Waals surface area contributed by atoms with E-state index in [4.69, 9.17) is 29.3 Å². The Labute approximate surface area is 208 Å². The van der Waals surface area contributed by atoms with E-state index in [0.29, 0.717) is 6.10 Å². The summed E-state index contributed by atoms with van der Waals surface area (Å²) < 4.78 is 75.8. The molecule has 2 aliphatic heterocycles. The van der Waals surface area contributed by atoms with Crippen molar-refractivity contribution in [3.8, 4) is 0 Å². The van der Waals surface area contributed by atoms with Crippen molar-refractivity contribution in [3.05, 3.63) is 21.9 Å². The van der Waals surface area contributed by atoms with E-state index in [1.165, 1.54) is 9.75 Å². The molecule has 36 heavy (non-hydrogen) atoms. The van der Waals surface area contributed by atoms with Crippen LogP contribution in [0.1, 0.15) is 22.6 Å². The molecule has 1 spiro atoms. The summed E-state index contributed by atoms with van der Waals surface area (Å²) in [5.74, 6) is -5.51. The zero-order valence-corrected chi connectivity index (χ0v) is 20.8. The summed E-state index contributed by atoms with van der Waals surface area (Å²) in [4.78, 5) is 25.3. The second-order valence-corrected chi connectivity index (χ2v) is 9.98. The average Bonchev–Trinajstić information content (AvgIpc) is 3.23. The molecule has 2 fully saturated rings. The smallest absolute Gasteiger partial charge is 0.475 e. The van der Waals surface area contributed by atoms with Crippen LogP contribution >= 0.6 is 11.3 Å². The van der Waals surface area contributed by atoms with Gasteiger partial charge < -0.3 is 24.6 Å². The molecule has 0 aliphatic carbocycles. The average molecular weight is 553 g/mol. The van der Waals surface area contributed by atoms with Gasteiger partial charge in [-0.2, -0.15) is 26.3 Å². The number of alkyl halides is 6. The van der Waals surface area contributed by atoms with Crippen LogP contribution in [0.2, 0.25) is 0 Å². The van der Waals surface area contributed by atoms with Gasteiger partial charge in [0.1, 0.15) is 5.60 Å². The van der Waals surface area contributed by atoms with E-state index in [1.54, 1.807) is 0 Å². The maximum atomic E-state index is 10.6. The number of hydrogen-bond acceptors (Lipinski definition) is 7. The van der Waals surface area contributed by atoms with E-state index in [9.17, 15) is 26.3 Å². The highest BCUT2D eigenvalue weighted by atomic mass is 32.1. The number of carboxylic acids is 2. The monoisotopic (exact) mass is 552 g/mol. The van der Waals surface area contributed by atoms with Crippen molar-refractivity contribution in [1.29, 1.82) is 0 Å². The Kier molecular flexibility index (Phi) is 12.1. The predicted molar refractivity (Wildman–Crippen MR) is 118 cm³/mol. The summed E-state index contributed by atoms with van der Waals surface area (Å²) in [6, 6.07) is 4.46. The molecule has 0 bridgehead atoms. The van der Waals surface area contributed by atoms with Crippen molar-refractivity contribution in [3.63, 3.8) is 0 Å². The van der Waals surface area contributed by atoms with E-state index in [0.717, 1.165) is 52.2 Å². The number of aliphatic carboxylic acids is 2. The number of thiophene rings is 1. The third-order valence-corrected chi connectivity index (χ3v) is 5.98. The Morgan fingerprint density at radius 2 is 1.69 bits per heavy atom. The highest BCUT2D eigenvalue weighted by Gasteiger charge is 2.43. The lowest BCUT2D eigenvalue weighted by Gasteiger charge is -2.32. The molecular weight excluding hydrogens is 522 g/mol. The topological polar surface area (TPSA) is 99.5 Å². The van der Waals surface area contributed by atoms with E-state index in [-0.39, 0.29) is 5.60 Å². The largest absolute Gasteiger partial charge is 0.490 e. The van der Waals surface area contributed by atoms with Crippen LogP contribution in [0, 0.1) is 6.92 Å². The number of nitrogens with zero attached hydrogens (tertiary/aromatic N) is 2. The predicted octanol–water partition coefficient (Wildman–Crippen LogP) is 3.63. The molecule has 2 saturated heterocycles. The summed E-state index contributed by atoms with van der Waals surface area (Å²) in [5, 5.41) is 14.2. The van der Waals surface area contributed by atoms with Gasteiger partial charge >= 0.3 is 24.3 Å². The second-order valence-electron chi connectivity index (χ2n) is 8.61. The maximum absolute atomic E-state index is 10.6. The molecule has 2 unspecified atom stereocenters. The minimum Gasteiger partial charge on any atom is -0.475 e. The van der Waals surface area contributed by atoms with E-state index >= 15 is 0 Å². The minimum atomic E-state index is -5.08. The van der Waals surface area contributed by atoms with Crippen molar-refractivity contribution in [2.75, 3.05) is 46.9 Å². The summed E-state index contributed by atoms with van der Waals surface area (Å²) in [6.45, 7) is 7.75. The number of carboxylic acid groups (broad SMARTS) is 2. The van der Waals surface area contributed by atoms with Gasteiger partial charge in [-0.05, 0) is 46.0 Å². The molecule has 1 aromatic rings. The summed E-state index contributed by atoms with van der Waals surface area (Å²) in [5.41, 5.74) is -0.0938. The highest BCUT2D eigenvalue weighted by molar-refractivity contribution is 7.11. The first-order valence-corrected chi connectivity index (χ1v) is 11.5. The Hall–Kier alpha value is -1.94. The number of carbonyl (C=O) groups is 2. The fraction of sp³-hybridized carbons (Fsp3) is 0.714. The summed E-state index contributed by atoms with van der Waals surface area (Å²) in [6.07, 6.45) is -7.55. The number of ether oxygens (including phenoxy) is 2. The molecule has 3 rings (SSSR count). The second kappa shape index (κ2) is 13.6. The zero-order chi connectivity index (χ0) is 27.7. The third kappa shape index (κ3) is 11.9. The van der Waals surface area contributed by atoms with Gasteiger partial charge in [0, 0.05) is 35.9 Å². The molecule has 0 aromatic carbocycles. The van der Waals surface area contributed by atoms with Gasteiger partial charge in [0.15, 0.2) is 0 Å². The Bertz CT molecular complexity index is 824. The molecule has 208 valence electrons. The third-order valence-electron chi connectivity index (χ3n) is 5.00. The van der Waals surface area contributed by atoms with Crippen LogP contribution in [0.25, 0.3) is 0 Å². The molecule has 8 nitrogen and oxygen atoms in total. The Morgan fingerprint density at radius 1 is 1.14 bits per heavy atom. The number of rotatable bonds is 4. The SMILES string of the molecule is Cc1ccc(CN2CCOCC3(CCC(CN(C)C)O3)C2)s1.O=C(O)C(F)(F)F.O=C(O)C(F)(F)F. The number of likely N-dealkylation sites (N-methyl/N-ethyl adjacent to an activating group) is 1. The molecule has 3 heterocycles. The van der Waals surface area contributed by atoms with Crippen LogP contribution in [0.3, 0.4) is 0 Å². The van der Waals surface area contributed by atoms with Crippen LogP contribution in [0.4, 0.5) is 26.3 Å². The van der Waals surface area contributed by atoms with Crippen LogP contribution in [-0.2, 0) is 25.6 Å². The van der Waals surface area contributed by atoms with Gasteiger partial charge in [-0.1, -0.05) is 0 Å². The van der Waals surface area contributed by atoms with Crippen molar-refractivity contribution in [2.24, 2.45) is 0 Å². The Morgan fingerprint density at radius 3 is 2.14 bits per heavy atom. The van der Waals surface area contributed by atoms with Gasteiger partial charge in [-0.25, -0.2) is 9.59 Å². The number of aryl methyl sites for hydroxylation is 1. The van der Waals surface area contributed by atoms with Crippen LogP contribution in [0.15, 0.2) is 12.1 Å². The molecule has 2 atom stereocenters. The lowest BCUT2D eigenvalue weighted by atomic mass is 10.00. The van der Waals surface area contributed by atoms with Gasteiger partial charge in [-0.15, -0.1) is 11.3 Å². The molecular formula is C21H30F6N2O6S. The Balaban J connectivity index is 0.000000383. The van der Waals surface area contributed by atoms with Crippen molar-refractivity contribution in [2.45, 2.75) is 50.4 Å². The molecule has 0 saturated carbocycles.